The fourth-order valence-corrected chi connectivity index (χ4v) is 3.65. The summed E-state index contributed by atoms with van der Waals surface area (Å²) in [6.45, 7) is 1.79. The number of nitrogens with one attached hydrogen (secondary N) is 2. The molecule has 0 bridgehead atoms. The highest BCUT2D eigenvalue weighted by Gasteiger charge is 2.27. The average molecular weight is 337 g/mol. The summed E-state index contributed by atoms with van der Waals surface area (Å²) in [6, 6.07) is 5.02. The summed E-state index contributed by atoms with van der Waals surface area (Å²) in [5, 5.41) is 4.19. The quantitative estimate of drug-likeness (QED) is 0.888. The van der Waals surface area contributed by atoms with Gasteiger partial charge in [-0.1, -0.05) is 29.3 Å². The van der Waals surface area contributed by atoms with E-state index < -0.39 is 10.0 Å². The molecule has 0 saturated carbocycles. The van der Waals surface area contributed by atoms with Gasteiger partial charge in [0.25, 0.3) is 0 Å². The lowest BCUT2D eigenvalue weighted by Gasteiger charge is -2.31. The zero-order valence-corrected chi connectivity index (χ0v) is 13.5. The topological polar surface area (TPSA) is 58.2 Å². The highest BCUT2D eigenvalue weighted by molar-refractivity contribution is 7.88. The molecule has 4 nitrogen and oxygen atoms in total. The fraction of sp³-hybridized carbons (Fsp3) is 0.538. The van der Waals surface area contributed by atoms with Crippen molar-refractivity contribution in [2.75, 3.05) is 19.3 Å². The molecule has 0 aromatic heterocycles. The molecule has 1 aliphatic heterocycles. The number of rotatable bonds is 4. The van der Waals surface area contributed by atoms with Gasteiger partial charge in [0.2, 0.25) is 10.0 Å². The summed E-state index contributed by atoms with van der Waals surface area (Å²) in [7, 11) is -3.29. The summed E-state index contributed by atoms with van der Waals surface area (Å²) in [4.78, 5) is 0. The minimum atomic E-state index is -3.29. The summed E-state index contributed by atoms with van der Waals surface area (Å²) in [5.41, 5.74) is 0.858. The van der Waals surface area contributed by atoms with Gasteiger partial charge >= 0.3 is 0 Å². The van der Waals surface area contributed by atoms with Crippen LogP contribution in [0.4, 0.5) is 0 Å². The van der Waals surface area contributed by atoms with Crippen molar-refractivity contribution < 1.29 is 8.42 Å². The highest BCUT2D eigenvalue weighted by atomic mass is 35.5. The Balaban J connectivity index is 2.31. The number of hydrogen-bond donors (Lipinski definition) is 2. The first-order valence-electron chi connectivity index (χ1n) is 6.50. The van der Waals surface area contributed by atoms with Crippen LogP contribution in [0, 0.1) is 5.92 Å². The normalized spacial score (nSPS) is 18.9. The lowest BCUT2D eigenvalue weighted by Crippen LogP contribution is -2.38. The molecule has 0 spiro atoms. The van der Waals surface area contributed by atoms with Crippen molar-refractivity contribution in [2.24, 2.45) is 5.92 Å². The summed E-state index contributed by atoms with van der Waals surface area (Å²) in [6.07, 6.45) is 3.03. The lowest BCUT2D eigenvalue weighted by atomic mass is 9.86. The molecule has 0 radical (unpaired) electrons. The minimum Gasteiger partial charge on any atom is -0.317 e. The van der Waals surface area contributed by atoms with Gasteiger partial charge in [0.15, 0.2) is 0 Å². The van der Waals surface area contributed by atoms with E-state index in [2.05, 4.69) is 10.0 Å². The lowest BCUT2D eigenvalue weighted by molar-refractivity contribution is 0.307. The van der Waals surface area contributed by atoms with E-state index in [0.717, 1.165) is 31.5 Å². The van der Waals surface area contributed by atoms with E-state index in [1.807, 2.05) is 6.07 Å². The SMILES string of the molecule is CS(=O)(=O)NC(c1ccc(Cl)c(Cl)c1)C1CCNCC1. The van der Waals surface area contributed by atoms with Crippen molar-refractivity contribution in [1.29, 1.82) is 0 Å². The van der Waals surface area contributed by atoms with Gasteiger partial charge in [0, 0.05) is 6.04 Å². The molecule has 1 saturated heterocycles. The number of halogens is 2. The van der Waals surface area contributed by atoms with E-state index in [1.54, 1.807) is 12.1 Å². The largest absolute Gasteiger partial charge is 0.317 e. The number of benzene rings is 1. The van der Waals surface area contributed by atoms with Gasteiger partial charge in [-0.25, -0.2) is 13.1 Å². The van der Waals surface area contributed by atoms with Gasteiger partial charge < -0.3 is 5.32 Å². The molecule has 2 rings (SSSR count). The van der Waals surface area contributed by atoms with Crippen LogP contribution in [0.3, 0.4) is 0 Å². The molecular formula is C13H18Cl2N2O2S. The van der Waals surface area contributed by atoms with E-state index in [9.17, 15) is 8.42 Å². The Bertz CT molecular complexity index is 572. The number of sulfonamides is 1. The molecule has 1 aromatic rings. The molecule has 1 atom stereocenters. The maximum atomic E-state index is 11.6. The predicted octanol–water partition coefficient (Wildman–Crippen LogP) is 2.58. The standard InChI is InChI=1S/C13H18Cl2N2O2S/c1-20(18,19)17-13(9-4-6-16-7-5-9)10-2-3-11(14)12(15)8-10/h2-3,8-9,13,16-17H,4-7H2,1H3. The second kappa shape index (κ2) is 6.62. The highest BCUT2D eigenvalue weighted by Crippen LogP contribution is 2.33. The molecule has 1 aromatic carbocycles. The van der Waals surface area contributed by atoms with Crippen LogP contribution in [0.1, 0.15) is 24.4 Å². The molecule has 1 heterocycles. The van der Waals surface area contributed by atoms with Crippen LogP contribution in [-0.2, 0) is 10.0 Å². The van der Waals surface area contributed by atoms with Gasteiger partial charge in [0.05, 0.1) is 16.3 Å². The number of piperidine rings is 1. The zero-order valence-electron chi connectivity index (χ0n) is 11.2. The van der Waals surface area contributed by atoms with Crippen molar-refractivity contribution >= 4 is 33.2 Å². The molecule has 112 valence electrons. The zero-order chi connectivity index (χ0) is 14.8. The molecular weight excluding hydrogens is 319 g/mol. The Kier molecular flexibility index (Phi) is 5.31. The maximum absolute atomic E-state index is 11.6. The van der Waals surface area contributed by atoms with Crippen molar-refractivity contribution in [3.05, 3.63) is 33.8 Å². The first-order valence-corrected chi connectivity index (χ1v) is 9.14. The molecule has 0 aliphatic carbocycles. The smallest absolute Gasteiger partial charge is 0.209 e. The average Bonchev–Trinajstić information content (AvgIpc) is 2.39. The van der Waals surface area contributed by atoms with Gasteiger partial charge in [-0.15, -0.1) is 0 Å². The predicted molar refractivity (Wildman–Crippen MR) is 82.8 cm³/mol. The fourth-order valence-electron chi connectivity index (χ4n) is 2.55. The van der Waals surface area contributed by atoms with E-state index in [4.69, 9.17) is 23.2 Å². The van der Waals surface area contributed by atoms with Crippen LogP contribution in [0.15, 0.2) is 18.2 Å². The van der Waals surface area contributed by atoms with E-state index in [0.29, 0.717) is 10.0 Å². The van der Waals surface area contributed by atoms with Gasteiger partial charge in [-0.05, 0) is 49.5 Å². The van der Waals surface area contributed by atoms with Crippen LogP contribution in [0.5, 0.6) is 0 Å². The van der Waals surface area contributed by atoms with E-state index in [1.165, 1.54) is 6.26 Å². The Morgan fingerprint density at radius 1 is 1.25 bits per heavy atom. The molecule has 1 aliphatic rings. The molecule has 20 heavy (non-hydrogen) atoms. The summed E-state index contributed by atoms with van der Waals surface area (Å²) >= 11 is 12.0. The van der Waals surface area contributed by atoms with E-state index >= 15 is 0 Å². The first kappa shape index (κ1) is 16.0. The third-order valence-electron chi connectivity index (χ3n) is 3.50. The third-order valence-corrected chi connectivity index (χ3v) is 4.92. The minimum absolute atomic E-state index is 0.253. The second-order valence-corrected chi connectivity index (χ2v) is 7.72. The monoisotopic (exact) mass is 336 g/mol. The Morgan fingerprint density at radius 3 is 2.45 bits per heavy atom. The van der Waals surface area contributed by atoms with Gasteiger partial charge in [0.1, 0.15) is 0 Å². The van der Waals surface area contributed by atoms with Gasteiger partial charge in [-0.3, -0.25) is 0 Å². The summed E-state index contributed by atoms with van der Waals surface area (Å²) < 4.78 is 26.0. The molecule has 2 N–H and O–H groups in total. The maximum Gasteiger partial charge on any atom is 0.209 e. The van der Waals surface area contributed by atoms with Crippen LogP contribution in [-0.4, -0.2) is 27.8 Å². The van der Waals surface area contributed by atoms with Crippen molar-refractivity contribution in [2.45, 2.75) is 18.9 Å². The molecule has 1 unspecified atom stereocenters. The Hall–Kier alpha value is -0.330. The first-order chi connectivity index (χ1) is 9.37. The second-order valence-electron chi connectivity index (χ2n) is 5.13. The van der Waals surface area contributed by atoms with Crippen LogP contribution in [0.25, 0.3) is 0 Å². The molecule has 0 amide bonds. The van der Waals surface area contributed by atoms with E-state index in [-0.39, 0.29) is 12.0 Å². The number of hydrogen-bond acceptors (Lipinski definition) is 3. The van der Waals surface area contributed by atoms with Crippen LogP contribution >= 0.6 is 23.2 Å². The Labute approximate surface area is 129 Å². The molecule has 1 fully saturated rings. The molecule has 7 heteroatoms. The third kappa shape index (κ3) is 4.33. The summed E-state index contributed by atoms with van der Waals surface area (Å²) in [5.74, 6) is 0.253. The van der Waals surface area contributed by atoms with Crippen molar-refractivity contribution in [3.63, 3.8) is 0 Å². The van der Waals surface area contributed by atoms with Crippen LogP contribution < -0.4 is 10.0 Å². The van der Waals surface area contributed by atoms with Crippen molar-refractivity contribution in [1.82, 2.24) is 10.0 Å². The van der Waals surface area contributed by atoms with Crippen LogP contribution in [0.2, 0.25) is 10.0 Å². The van der Waals surface area contributed by atoms with Crippen molar-refractivity contribution in [3.8, 4) is 0 Å². The van der Waals surface area contributed by atoms with Gasteiger partial charge in [-0.2, -0.15) is 0 Å². The Morgan fingerprint density at radius 2 is 1.90 bits per heavy atom.